The first-order valence-corrected chi connectivity index (χ1v) is 13.8. The summed E-state index contributed by atoms with van der Waals surface area (Å²) in [6.45, 7) is 4.78. The fourth-order valence-electron chi connectivity index (χ4n) is 3.52. The normalized spacial score (nSPS) is 11.9. The number of hydrogen-bond donors (Lipinski definition) is 5. The number of anilines is 1. The molecule has 234 valence electrons. The van der Waals surface area contributed by atoms with E-state index >= 15 is 0 Å². The van der Waals surface area contributed by atoms with Gasteiger partial charge in [0.05, 0.1) is 10.6 Å². The molecule has 5 N–H and O–H groups in total. The fourth-order valence-corrected chi connectivity index (χ4v) is 4.72. The molecule has 0 bridgehead atoms. The van der Waals surface area contributed by atoms with Crippen LogP contribution in [0.5, 0.6) is 5.75 Å². The van der Waals surface area contributed by atoms with E-state index in [1.165, 1.54) is 30.3 Å². The van der Waals surface area contributed by atoms with Gasteiger partial charge in [-0.2, -0.15) is 13.2 Å². The molecule has 0 aliphatic carbocycles. The Labute approximate surface area is 257 Å². The third kappa shape index (κ3) is 9.70. The summed E-state index contributed by atoms with van der Waals surface area (Å²) in [5.41, 5.74) is -2.51. The second-order valence-electron chi connectivity index (χ2n) is 10.0. The highest BCUT2D eigenvalue weighted by Gasteiger charge is 2.37. The molecule has 0 radical (unpaired) electrons. The molecular formula is C28H26ClF3N4O7S. The van der Waals surface area contributed by atoms with Crippen LogP contribution in [0.2, 0.25) is 5.02 Å². The van der Waals surface area contributed by atoms with E-state index in [9.17, 15) is 42.6 Å². The van der Waals surface area contributed by atoms with Crippen molar-refractivity contribution in [3.05, 3.63) is 86.5 Å². The Kier molecular flexibility index (Phi) is 10.6. The number of thiazole rings is 1. The smallest absolute Gasteiger partial charge is 0.434 e. The van der Waals surface area contributed by atoms with Gasteiger partial charge < -0.3 is 25.6 Å². The SMILES string of the molecule is CC(C)(C)OC(=O)Nc1nc(C(F)(F)F)c(C/C=C(\NC(=O)c2ccc(C(=O)NCc3cccc(O)c3)cc2Cl)C(=O)O)s1. The number of carbonyl (C=O) groups excluding carboxylic acids is 3. The summed E-state index contributed by atoms with van der Waals surface area (Å²) in [4.78, 5) is 52.1. The number of alkyl halides is 3. The first-order valence-electron chi connectivity index (χ1n) is 12.6. The Bertz CT molecular complexity index is 1620. The van der Waals surface area contributed by atoms with Gasteiger partial charge in [0.1, 0.15) is 17.0 Å². The highest BCUT2D eigenvalue weighted by atomic mass is 35.5. The lowest BCUT2D eigenvalue weighted by Gasteiger charge is -2.18. The standard InChI is InChI=1S/C28H26ClF3N4O7S/c1-27(2,3)43-26(42)36-25-35-21(28(30,31)32)20(44-25)10-9-19(24(40)41)34-23(39)17-8-7-15(12-18(17)29)22(38)33-13-14-5-4-6-16(37)11-14/h4-9,11-12,37H,10,13H2,1-3H3,(H,33,38)(H,34,39)(H,40,41)(H,35,36,42)/b19-9-. The summed E-state index contributed by atoms with van der Waals surface area (Å²) in [5, 5.41) is 25.3. The monoisotopic (exact) mass is 654 g/mol. The summed E-state index contributed by atoms with van der Waals surface area (Å²) in [6.07, 6.45) is -5.73. The number of nitrogens with one attached hydrogen (secondary N) is 3. The van der Waals surface area contributed by atoms with Gasteiger partial charge in [-0.3, -0.25) is 14.9 Å². The van der Waals surface area contributed by atoms with Crippen molar-refractivity contribution in [2.45, 2.75) is 45.5 Å². The second-order valence-corrected chi connectivity index (χ2v) is 11.5. The van der Waals surface area contributed by atoms with Gasteiger partial charge in [-0.25, -0.2) is 14.6 Å². The molecule has 0 saturated carbocycles. The summed E-state index contributed by atoms with van der Waals surface area (Å²) in [5.74, 6) is -3.16. The average Bonchev–Trinajstić information content (AvgIpc) is 3.31. The van der Waals surface area contributed by atoms with Gasteiger partial charge in [0.25, 0.3) is 11.8 Å². The van der Waals surface area contributed by atoms with Crippen LogP contribution in [0.3, 0.4) is 0 Å². The molecule has 44 heavy (non-hydrogen) atoms. The minimum Gasteiger partial charge on any atom is -0.508 e. The largest absolute Gasteiger partial charge is 0.508 e. The molecule has 3 aromatic rings. The number of benzene rings is 2. The van der Waals surface area contributed by atoms with Gasteiger partial charge in [0.15, 0.2) is 10.8 Å². The van der Waals surface area contributed by atoms with Gasteiger partial charge in [0, 0.05) is 23.4 Å². The molecule has 0 unspecified atom stereocenters. The Morgan fingerprint density at radius 3 is 2.36 bits per heavy atom. The van der Waals surface area contributed by atoms with Crippen LogP contribution in [0.1, 0.15) is 57.6 Å². The molecule has 0 spiro atoms. The first kappa shape index (κ1) is 33.9. The van der Waals surface area contributed by atoms with Crippen LogP contribution in [-0.4, -0.2) is 44.7 Å². The molecule has 0 aliphatic heterocycles. The number of carboxylic acids is 1. The van der Waals surface area contributed by atoms with Crippen LogP contribution < -0.4 is 16.0 Å². The van der Waals surface area contributed by atoms with E-state index in [1.54, 1.807) is 32.9 Å². The molecule has 3 amide bonds. The number of aromatic hydroxyl groups is 1. The van der Waals surface area contributed by atoms with E-state index in [-0.39, 0.29) is 28.4 Å². The van der Waals surface area contributed by atoms with Crippen molar-refractivity contribution in [1.82, 2.24) is 15.6 Å². The molecule has 0 aliphatic rings. The number of aromatic nitrogens is 1. The number of rotatable bonds is 9. The Balaban J connectivity index is 1.74. The molecule has 1 aromatic heterocycles. The second kappa shape index (κ2) is 13.8. The number of phenols is 1. The maximum Gasteiger partial charge on any atom is 0.434 e. The van der Waals surface area contributed by atoms with Gasteiger partial charge in [-0.05, 0) is 62.7 Å². The molecular weight excluding hydrogens is 629 g/mol. The van der Waals surface area contributed by atoms with Crippen LogP contribution in [0.25, 0.3) is 0 Å². The number of carboxylic acid groups (broad SMARTS) is 1. The Morgan fingerprint density at radius 1 is 1.07 bits per heavy atom. The maximum absolute atomic E-state index is 13.6. The van der Waals surface area contributed by atoms with E-state index in [0.29, 0.717) is 16.9 Å². The van der Waals surface area contributed by atoms with Crippen LogP contribution in [0.4, 0.5) is 23.1 Å². The number of hydrogen-bond acceptors (Lipinski definition) is 8. The van der Waals surface area contributed by atoms with Crippen molar-refractivity contribution in [3.63, 3.8) is 0 Å². The van der Waals surface area contributed by atoms with Crippen molar-refractivity contribution in [2.75, 3.05) is 5.32 Å². The van der Waals surface area contributed by atoms with Crippen molar-refractivity contribution in [3.8, 4) is 5.75 Å². The number of phenolic OH excluding ortho intramolecular Hbond substituents is 1. The highest BCUT2D eigenvalue weighted by Crippen LogP contribution is 2.37. The number of aliphatic carboxylic acids is 1. The molecule has 2 aromatic carbocycles. The molecule has 0 saturated heterocycles. The topological polar surface area (TPSA) is 167 Å². The lowest BCUT2D eigenvalue weighted by Crippen LogP contribution is -2.28. The van der Waals surface area contributed by atoms with Crippen molar-refractivity contribution >= 4 is 51.9 Å². The van der Waals surface area contributed by atoms with E-state index in [1.807, 2.05) is 0 Å². The molecule has 16 heteroatoms. The number of ether oxygens (including phenoxy) is 1. The zero-order valence-corrected chi connectivity index (χ0v) is 24.9. The lowest BCUT2D eigenvalue weighted by molar-refractivity contribution is -0.141. The molecule has 0 fully saturated rings. The van der Waals surface area contributed by atoms with Crippen molar-refractivity contribution in [2.24, 2.45) is 0 Å². The zero-order valence-electron chi connectivity index (χ0n) is 23.3. The Morgan fingerprint density at radius 2 is 1.77 bits per heavy atom. The van der Waals surface area contributed by atoms with E-state index in [4.69, 9.17) is 16.3 Å². The minimum atomic E-state index is -4.93. The fraction of sp³-hybridized carbons (Fsp3) is 0.250. The van der Waals surface area contributed by atoms with E-state index < -0.39 is 63.5 Å². The van der Waals surface area contributed by atoms with E-state index in [0.717, 1.165) is 6.08 Å². The van der Waals surface area contributed by atoms with Crippen molar-refractivity contribution < 1.29 is 47.3 Å². The van der Waals surface area contributed by atoms with Crippen LogP contribution >= 0.6 is 22.9 Å². The van der Waals surface area contributed by atoms with Gasteiger partial charge in [-0.1, -0.05) is 23.7 Å². The molecule has 11 nitrogen and oxygen atoms in total. The maximum atomic E-state index is 13.6. The van der Waals surface area contributed by atoms with Crippen molar-refractivity contribution in [1.29, 1.82) is 0 Å². The molecule has 0 atom stereocenters. The van der Waals surface area contributed by atoms with Gasteiger partial charge in [0.2, 0.25) is 0 Å². The number of nitrogens with zero attached hydrogens (tertiary/aromatic N) is 1. The Hall–Kier alpha value is -4.63. The third-order valence-electron chi connectivity index (χ3n) is 5.38. The quantitative estimate of drug-likeness (QED) is 0.182. The van der Waals surface area contributed by atoms with E-state index in [2.05, 4.69) is 20.9 Å². The average molecular weight is 655 g/mol. The van der Waals surface area contributed by atoms with Gasteiger partial charge in [-0.15, -0.1) is 11.3 Å². The third-order valence-corrected chi connectivity index (χ3v) is 6.69. The predicted molar refractivity (Wildman–Crippen MR) is 155 cm³/mol. The minimum absolute atomic E-state index is 0.0257. The lowest BCUT2D eigenvalue weighted by atomic mass is 10.1. The summed E-state index contributed by atoms with van der Waals surface area (Å²) >= 11 is 6.64. The summed E-state index contributed by atoms with van der Waals surface area (Å²) in [7, 11) is 0. The predicted octanol–water partition coefficient (Wildman–Crippen LogP) is 5.74. The number of carbonyl (C=O) groups is 4. The number of halogens is 4. The molecule has 1 heterocycles. The first-order chi connectivity index (χ1) is 20.4. The summed E-state index contributed by atoms with van der Waals surface area (Å²) < 4.78 is 45.8. The van der Waals surface area contributed by atoms with Crippen LogP contribution in [-0.2, 0) is 28.7 Å². The zero-order chi connectivity index (χ0) is 32.8. The summed E-state index contributed by atoms with van der Waals surface area (Å²) in [6, 6.07) is 9.87. The van der Waals surface area contributed by atoms with Gasteiger partial charge >= 0.3 is 18.2 Å². The van der Waals surface area contributed by atoms with Crippen LogP contribution in [0, 0.1) is 0 Å². The number of amides is 3. The highest BCUT2D eigenvalue weighted by molar-refractivity contribution is 7.15. The molecule has 3 rings (SSSR count). The van der Waals surface area contributed by atoms with Crippen LogP contribution in [0.15, 0.2) is 54.2 Å². The number of allylic oxidation sites excluding steroid dienone is 1.